The summed E-state index contributed by atoms with van der Waals surface area (Å²) in [5, 5.41) is 9.88. The highest BCUT2D eigenvalue weighted by Gasteiger charge is 2.18. The molecule has 2 aromatic carbocycles. The minimum Gasteiger partial charge on any atom is -0.365 e. The van der Waals surface area contributed by atoms with Gasteiger partial charge in [-0.1, -0.05) is 35.0 Å². The number of carbonyl (C=O) groups is 1. The van der Waals surface area contributed by atoms with E-state index in [9.17, 15) is 4.79 Å². The van der Waals surface area contributed by atoms with Crippen molar-refractivity contribution in [2.45, 2.75) is 40.2 Å². The average molecular weight is 518 g/mol. The number of thiazole rings is 1. The lowest BCUT2D eigenvalue weighted by Gasteiger charge is -2.12. The zero-order valence-electron chi connectivity index (χ0n) is 20.1. The number of ketones is 1. The largest absolute Gasteiger partial charge is 0.365 e. The number of Topliss-reactive ketones (excluding diaryl/α,β-unsaturated/α-hetero) is 1. The molecule has 0 radical (unpaired) electrons. The number of nitrogens with zero attached hydrogens (tertiary/aromatic N) is 4. The van der Waals surface area contributed by atoms with Gasteiger partial charge >= 0.3 is 0 Å². The second kappa shape index (κ2) is 10.2. The SMILES string of the molecule is Cc1cnc(CCC(=O)c2nc(NCc3cccc(Cl)c3)c3cc(-c4c(C)noc4C)ccc3n2)s1. The Morgan fingerprint density at radius 3 is 2.69 bits per heavy atom. The van der Waals surface area contributed by atoms with Crippen LogP contribution in [0, 0.1) is 20.8 Å². The van der Waals surface area contributed by atoms with Gasteiger partial charge in [0.25, 0.3) is 0 Å². The Balaban J connectivity index is 1.51. The van der Waals surface area contributed by atoms with Crippen LogP contribution in [-0.4, -0.2) is 25.9 Å². The summed E-state index contributed by atoms with van der Waals surface area (Å²) in [5.41, 5.74) is 4.39. The molecule has 3 heterocycles. The number of anilines is 1. The highest BCUT2D eigenvalue weighted by atomic mass is 35.5. The van der Waals surface area contributed by atoms with Crippen LogP contribution in [0.1, 0.15) is 43.9 Å². The van der Waals surface area contributed by atoms with Crippen molar-refractivity contribution in [3.05, 3.63) is 86.4 Å². The van der Waals surface area contributed by atoms with Gasteiger partial charge in [-0.2, -0.15) is 0 Å². The predicted octanol–water partition coefficient (Wildman–Crippen LogP) is 6.75. The smallest absolute Gasteiger partial charge is 0.200 e. The highest BCUT2D eigenvalue weighted by molar-refractivity contribution is 7.11. The van der Waals surface area contributed by atoms with Crippen LogP contribution in [0.25, 0.3) is 22.0 Å². The Morgan fingerprint density at radius 1 is 1.11 bits per heavy atom. The number of fused-ring (bicyclic) bond motifs is 1. The van der Waals surface area contributed by atoms with Crippen LogP contribution >= 0.6 is 22.9 Å². The fourth-order valence-electron chi connectivity index (χ4n) is 4.12. The fourth-order valence-corrected chi connectivity index (χ4v) is 5.12. The number of nitrogens with one attached hydrogen (secondary N) is 1. The number of hydrogen-bond donors (Lipinski definition) is 1. The minimum absolute atomic E-state index is 0.120. The Labute approximate surface area is 217 Å². The Bertz CT molecular complexity index is 1560. The van der Waals surface area contributed by atoms with Gasteiger partial charge in [0.05, 0.1) is 16.2 Å². The number of aryl methyl sites for hydroxylation is 4. The summed E-state index contributed by atoms with van der Waals surface area (Å²) in [6.45, 7) is 6.30. The summed E-state index contributed by atoms with van der Waals surface area (Å²) in [6, 6.07) is 13.5. The van der Waals surface area contributed by atoms with Crippen LogP contribution in [0.15, 0.2) is 53.2 Å². The van der Waals surface area contributed by atoms with Crippen molar-refractivity contribution < 1.29 is 9.32 Å². The van der Waals surface area contributed by atoms with Crippen molar-refractivity contribution in [3.63, 3.8) is 0 Å². The third kappa shape index (κ3) is 5.15. The summed E-state index contributed by atoms with van der Waals surface area (Å²) < 4.78 is 5.37. The van der Waals surface area contributed by atoms with Gasteiger partial charge in [-0.15, -0.1) is 11.3 Å². The van der Waals surface area contributed by atoms with E-state index in [-0.39, 0.29) is 11.6 Å². The fraction of sp³-hybridized carbons (Fsp3) is 0.222. The van der Waals surface area contributed by atoms with E-state index in [2.05, 4.69) is 25.4 Å². The first-order valence-corrected chi connectivity index (χ1v) is 12.7. The molecule has 5 rings (SSSR count). The number of hydrogen-bond acceptors (Lipinski definition) is 8. The van der Waals surface area contributed by atoms with E-state index in [4.69, 9.17) is 16.1 Å². The van der Waals surface area contributed by atoms with Gasteiger partial charge in [-0.05, 0) is 56.2 Å². The van der Waals surface area contributed by atoms with Gasteiger partial charge in [0.2, 0.25) is 5.78 Å². The Hall–Kier alpha value is -3.62. The van der Waals surface area contributed by atoms with Crippen molar-refractivity contribution >= 4 is 45.4 Å². The molecule has 0 saturated carbocycles. The monoisotopic (exact) mass is 517 g/mol. The molecule has 3 aromatic heterocycles. The molecular formula is C27H24ClN5O2S. The quantitative estimate of drug-likeness (QED) is 0.227. The summed E-state index contributed by atoms with van der Waals surface area (Å²) in [5.74, 6) is 1.40. The van der Waals surface area contributed by atoms with Crippen molar-refractivity contribution in [3.8, 4) is 11.1 Å². The second-order valence-corrected chi connectivity index (χ2v) is 10.4. The van der Waals surface area contributed by atoms with Crippen LogP contribution in [0.2, 0.25) is 5.02 Å². The molecule has 0 aliphatic heterocycles. The van der Waals surface area contributed by atoms with Crippen LogP contribution in [-0.2, 0) is 13.0 Å². The summed E-state index contributed by atoms with van der Waals surface area (Å²) in [7, 11) is 0. The second-order valence-electron chi connectivity index (χ2n) is 8.60. The Morgan fingerprint density at radius 2 is 1.97 bits per heavy atom. The predicted molar refractivity (Wildman–Crippen MR) is 143 cm³/mol. The van der Waals surface area contributed by atoms with Crippen LogP contribution in [0.5, 0.6) is 0 Å². The number of rotatable bonds is 8. The molecule has 0 fully saturated rings. The van der Waals surface area contributed by atoms with Gasteiger partial charge in [0.15, 0.2) is 5.82 Å². The summed E-state index contributed by atoms with van der Waals surface area (Å²) >= 11 is 7.77. The first-order valence-electron chi connectivity index (χ1n) is 11.6. The summed E-state index contributed by atoms with van der Waals surface area (Å²) in [6.07, 6.45) is 2.68. The zero-order chi connectivity index (χ0) is 25.2. The molecule has 0 saturated heterocycles. The standard InChI is InChI=1S/C27H24ClN5O2S/c1-15-13-29-24(36-15)10-9-23(34)27-31-22-8-7-19(25-16(2)33-35-17(25)3)12-21(22)26(32-27)30-14-18-5-4-6-20(28)11-18/h4-8,11-13H,9-10,14H2,1-3H3,(H,30,31,32). The Kier molecular flexibility index (Phi) is 6.80. The van der Waals surface area contributed by atoms with Crippen molar-refractivity contribution in [2.75, 3.05) is 5.32 Å². The summed E-state index contributed by atoms with van der Waals surface area (Å²) in [4.78, 5) is 27.8. The van der Waals surface area contributed by atoms with Crippen LogP contribution < -0.4 is 5.32 Å². The lowest BCUT2D eigenvalue weighted by molar-refractivity contribution is 0.0973. The highest BCUT2D eigenvalue weighted by Crippen LogP contribution is 2.32. The number of aromatic nitrogens is 4. The lowest BCUT2D eigenvalue weighted by atomic mass is 10.0. The van der Waals surface area contributed by atoms with E-state index >= 15 is 0 Å². The molecule has 0 aliphatic rings. The molecule has 0 atom stereocenters. The molecule has 7 nitrogen and oxygen atoms in total. The molecule has 9 heteroatoms. The number of halogens is 1. The third-order valence-corrected chi connectivity index (χ3v) is 7.06. The van der Waals surface area contributed by atoms with Gasteiger partial charge in [-0.3, -0.25) is 4.79 Å². The van der Waals surface area contributed by atoms with Gasteiger partial charge in [0.1, 0.15) is 11.6 Å². The average Bonchev–Trinajstić information content (AvgIpc) is 3.44. The molecule has 0 unspecified atom stereocenters. The van der Waals surface area contributed by atoms with E-state index in [1.165, 1.54) is 0 Å². The van der Waals surface area contributed by atoms with E-state index in [0.29, 0.717) is 35.7 Å². The van der Waals surface area contributed by atoms with E-state index in [1.807, 2.05) is 69.4 Å². The van der Waals surface area contributed by atoms with Gasteiger partial charge in [-0.25, -0.2) is 15.0 Å². The van der Waals surface area contributed by atoms with Crippen molar-refractivity contribution in [1.29, 1.82) is 0 Å². The minimum atomic E-state index is -0.120. The van der Waals surface area contributed by atoms with Crippen LogP contribution in [0.3, 0.4) is 0 Å². The van der Waals surface area contributed by atoms with Crippen molar-refractivity contribution in [1.82, 2.24) is 20.1 Å². The molecule has 182 valence electrons. The van der Waals surface area contributed by atoms with E-state index < -0.39 is 0 Å². The zero-order valence-corrected chi connectivity index (χ0v) is 21.7. The molecule has 5 aromatic rings. The molecular weight excluding hydrogens is 494 g/mol. The molecule has 0 bridgehead atoms. The third-order valence-electron chi connectivity index (χ3n) is 5.85. The maximum Gasteiger partial charge on any atom is 0.200 e. The first-order chi connectivity index (χ1) is 17.4. The maximum absolute atomic E-state index is 13.1. The van der Waals surface area contributed by atoms with Crippen molar-refractivity contribution in [2.24, 2.45) is 0 Å². The normalized spacial score (nSPS) is 11.2. The molecule has 0 spiro atoms. The van der Waals surface area contributed by atoms with E-state index in [0.717, 1.165) is 43.4 Å². The molecule has 0 amide bonds. The maximum atomic E-state index is 13.1. The molecule has 0 aliphatic carbocycles. The topological polar surface area (TPSA) is 93.8 Å². The molecule has 1 N–H and O–H groups in total. The number of carbonyl (C=O) groups excluding carboxylic acids is 1. The van der Waals surface area contributed by atoms with Crippen LogP contribution in [0.4, 0.5) is 5.82 Å². The molecule has 36 heavy (non-hydrogen) atoms. The first kappa shape index (κ1) is 24.1. The van der Waals surface area contributed by atoms with Gasteiger partial charge in [0, 0.05) is 46.4 Å². The lowest BCUT2D eigenvalue weighted by Crippen LogP contribution is -2.11. The van der Waals surface area contributed by atoms with E-state index in [1.54, 1.807) is 11.3 Å². The number of benzene rings is 2. The van der Waals surface area contributed by atoms with Gasteiger partial charge < -0.3 is 9.84 Å².